The first kappa shape index (κ1) is 17.2. The first-order chi connectivity index (χ1) is 11.6. The van der Waals surface area contributed by atoms with E-state index in [0.29, 0.717) is 15.8 Å². The first-order valence-electron chi connectivity index (χ1n) is 7.35. The molecule has 1 amide bonds. The summed E-state index contributed by atoms with van der Waals surface area (Å²) >= 11 is 10.1. The van der Waals surface area contributed by atoms with Gasteiger partial charge in [-0.05, 0) is 55.0 Å². The Hall–Kier alpha value is -1.63. The number of carbonyl (C=O) groups is 1. The largest absolute Gasteiger partial charge is 0.494 e. The predicted molar refractivity (Wildman–Crippen MR) is 107 cm³/mol. The van der Waals surface area contributed by atoms with Gasteiger partial charge in [0, 0.05) is 4.47 Å². The van der Waals surface area contributed by atoms with Crippen molar-refractivity contribution < 1.29 is 9.53 Å². The molecule has 1 saturated heterocycles. The molecule has 1 aliphatic rings. The molecule has 2 aromatic carbocycles. The Balaban J connectivity index is 1.84. The molecule has 0 spiro atoms. The summed E-state index contributed by atoms with van der Waals surface area (Å²) in [6.45, 7) is 2.54. The summed E-state index contributed by atoms with van der Waals surface area (Å²) in [5.41, 5.74) is 1.71. The molecule has 1 aliphatic heterocycles. The highest BCUT2D eigenvalue weighted by atomic mass is 79.9. The third-order valence-electron chi connectivity index (χ3n) is 3.37. The number of rotatable bonds is 4. The third-order valence-corrected chi connectivity index (χ3v) is 5.20. The maximum atomic E-state index is 12.7. The Kier molecular flexibility index (Phi) is 5.38. The summed E-state index contributed by atoms with van der Waals surface area (Å²) in [4.78, 5) is 14.9. The van der Waals surface area contributed by atoms with Gasteiger partial charge in [-0.2, -0.15) is 0 Å². The van der Waals surface area contributed by atoms with E-state index in [4.69, 9.17) is 17.0 Å². The Labute approximate surface area is 158 Å². The van der Waals surface area contributed by atoms with Crippen molar-refractivity contribution in [3.05, 3.63) is 63.5 Å². The van der Waals surface area contributed by atoms with Crippen molar-refractivity contribution in [2.24, 2.45) is 0 Å². The van der Waals surface area contributed by atoms with Gasteiger partial charge < -0.3 is 4.74 Å². The molecule has 0 atom stereocenters. The Morgan fingerprint density at radius 3 is 2.46 bits per heavy atom. The third kappa shape index (κ3) is 3.71. The fraction of sp³-hybridized carbons (Fsp3) is 0.111. The monoisotopic (exact) mass is 419 g/mol. The Morgan fingerprint density at radius 1 is 1.17 bits per heavy atom. The van der Waals surface area contributed by atoms with Crippen LogP contribution in [0.2, 0.25) is 0 Å². The number of halogens is 1. The van der Waals surface area contributed by atoms with Crippen LogP contribution < -0.4 is 9.64 Å². The minimum Gasteiger partial charge on any atom is -0.494 e. The molecule has 0 aliphatic carbocycles. The van der Waals surface area contributed by atoms with E-state index in [-0.39, 0.29) is 5.91 Å². The van der Waals surface area contributed by atoms with Gasteiger partial charge in [-0.25, -0.2) is 0 Å². The van der Waals surface area contributed by atoms with Crippen LogP contribution >= 0.6 is 39.9 Å². The molecule has 3 rings (SSSR count). The minimum absolute atomic E-state index is 0.0999. The summed E-state index contributed by atoms with van der Waals surface area (Å²) in [6.07, 6.45) is 1.86. The van der Waals surface area contributed by atoms with E-state index in [1.165, 1.54) is 11.8 Å². The molecule has 1 heterocycles. The van der Waals surface area contributed by atoms with E-state index >= 15 is 0 Å². The summed E-state index contributed by atoms with van der Waals surface area (Å²) < 4.78 is 6.97. The van der Waals surface area contributed by atoms with Crippen LogP contribution in [0.5, 0.6) is 5.75 Å². The second-order valence-corrected chi connectivity index (χ2v) is 7.59. The number of thiocarbonyl (C=S) groups is 1. The number of hydrogen-bond acceptors (Lipinski definition) is 4. The van der Waals surface area contributed by atoms with Crippen molar-refractivity contribution in [1.29, 1.82) is 0 Å². The first-order valence-corrected chi connectivity index (χ1v) is 9.36. The van der Waals surface area contributed by atoms with Crippen LogP contribution in [0.1, 0.15) is 12.5 Å². The van der Waals surface area contributed by atoms with E-state index < -0.39 is 0 Å². The molecule has 0 saturated carbocycles. The number of anilines is 1. The maximum Gasteiger partial charge on any atom is 0.270 e. The van der Waals surface area contributed by atoms with Crippen LogP contribution in [-0.4, -0.2) is 16.8 Å². The van der Waals surface area contributed by atoms with Crippen molar-refractivity contribution in [1.82, 2.24) is 0 Å². The molecule has 24 heavy (non-hydrogen) atoms. The second-order valence-electron chi connectivity index (χ2n) is 5.00. The molecule has 0 N–H and O–H groups in total. The average Bonchev–Trinajstić information content (AvgIpc) is 2.85. The van der Waals surface area contributed by atoms with Crippen LogP contribution in [0.15, 0.2) is 57.9 Å². The molecule has 0 aromatic heterocycles. The molecular formula is C18H14BrNO2S2. The molecule has 1 fully saturated rings. The van der Waals surface area contributed by atoms with Gasteiger partial charge in [-0.3, -0.25) is 9.69 Å². The quantitative estimate of drug-likeness (QED) is 0.499. The standard InChI is InChI=1S/C18H14BrNO2S2/c1-2-22-15-9-7-14(8-10-15)20-17(21)16(24-18(20)23)11-12-3-5-13(19)6-4-12/h3-11H,2H2,1H3. The summed E-state index contributed by atoms with van der Waals surface area (Å²) in [5, 5.41) is 0. The smallest absolute Gasteiger partial charge is 0.270 e. The molecule has 6 heteroatoms. The van der Waals surface area contributed by atoms with Gasteiger partial charge in [0.2, 0.25) is 0 Å². The topological polar surface area (TPSA) is 29.5 Å². The molecule has 0 unspecified atom stereocenters. The van der Waals surface area contributed by atoms with Crippen molar-refractivity contribution >= 4 is 61.9 Å². The molecule has 122 valence electrons. The molecule has 3 nitrogen and oxygen atoms in total. The van der Waals surface area contributed by atoms with E-state index in [0.717, 1.165) is 21.5 Å². The van der Waals surface area contributed by atoms with Crippen molar-refractivity contribution in [3.63, 3.8) is 0 Å². The van der Waals surface area contributed by atoms with Crippen LogP contribution in [0.4, 0.5) is 5.69 Å². The van der Waals surface area contributed by atoms with E-state index in [9.17, 15) is 4.79 Å². The molecule has 0 bridgehead atoms. The molecular weight excluding hydrogens is 406 g/mol. The highest BCUT2D eigenvalue weighted by Crippen LogP contribution is 2.36. The van der Waals surface area contributed by atoms with Crippen molar-refractivity contribution in [2.45, 2.75) is 6.92 Å². The average molecular weight is 420 g/mol. The number of benzene rings is 2. The van der Waals surface area contributed by atoms with Gasteiger partial charge in [0.05, 0.1) is 17.2 Å². The Bertz CT molecular complexity index is 801. The van der Waals surface area contributed by atoms with Gasteiger partial charge in [0.15, 0.2) is 4.32 Å². The van der Waals surface area contributed by atoms with E-state index in [1.807, 2.05) is 61.5 Å². The van der Waals surface area contributed by atoms with Gasteiger partial charge in [-0.15, -0.1) is 0 Å². The lowest BCUT2D eigenvalue weighted by Crippen LogP contribution is -2.27. The second kappa shape index (κ2) is 7.51. The van der Waals surface area contributed by atoms with Crippen LogP contribution in [0, 0.1) is 0 Å². The SMILES string of the molecule is CCOc1ccc(N2C(=O)C(=Cc3ccc(Br)cc3)SC2=S)cc1. The fourth-order valence-corrected chi connectivity index (χ4v) is 3.82. The van der Waals surface area contributed by atoms with E-state index in [2.05, 4.69) is 15.9 Å². The number of carbonyl (C=O) groups excluding carboxylic acids is 1. The highest BCUT2D eigenvalue weighted by molar-refractivity contribution is 9.10. The maximum absolute atomic E-state index is 12.7. The molecule has 0 radical (unpaired) electrons. The zero-order chi connectivity index (χ0) is 17.1. The lowest BCUT2D eigenvalue weighted by molar-refractivity contribution is -0.113. The summed E-state index contributed by atoms with van der Waals surface area (Å²) in [6, 6.07) is 15.2. The molecule has 2 aromatic rings. The highest BCUT2D eigenvalue weighted by Gasteiger charge is 2.33. The van der Waals surface area contributed by atoms with Gasteiger partial charge >= 0.3 is 0 Å². The zero-order valence-corrected chi connectivity index (χ0v) is 16.1. The fourth-order valence-electron chi connectivity index (χ4n) is 2.26. The van der Waals surface area contributed by atoms with Crippen LogP contribution in [-0.2, 0) is 4.79 Å². The lowest BCUT2D eigenvalue weighted by Gasteiger charge is -2.15. The normalized spacial score (nSPS) is 16.1. The lowest BCUT2D eigenvalue weighted by atomic mass is 10.2. The van der Waals surface area contributed by atoms with Gasteiger partial charge in [-0.1, -0.05) is 52.0 Å². The van der Waals surface area contributed by atoms with E-state index in [1.54, 1.807) is 4.90 Å². The Morgan fingerprint density at radius 2 is 1.83 bits per heavy atom. The van der Waals surface area contributed by atoms with Gasteiger partial charge in [0.25, 0.3) is 5.91 Å². The van der Waals surface area contributed by atoms with Crippen molar-refractivity contribution in [2.75, 3.05) is 11.5 Å². The number of amides is 1. The summed E-state index contributed by atoms with van der Waals surface area (Å²) in [5.74, 6) is 0.675. The number of thioether (sulfide) groups is 1. The summed E-state index contributed by atoms with van der Waals surface area (Å²) in [7, 11) is 0. The van der Waals surface area contributed by atoms with Crippen molar-refractivity contribution in [3.8, 4) is 5.75 Å². The number of hydrogen-bond donors (Lipinski definition) is 0. The predicted octanol–water partition coefficient (Wildman–Crippen LogP) is 5.25. The zero-order valence-electron chi connectivity index (χ0n) is 12.9. The van der Waals surface area contributed by atoms with Crippen LogP contribution in [0.25, 0.3) is 6.08 Å². The number of nitrogens with zero attached hydrogens (tertiary/aromatic N) is 1. The number of ether oxygens (including phenoxy) is 1. The minimum atomic E-state index is -0.0999. The van der Waals surface area contributed by atoms with Crippen LogP contribution in [0.3, 0.4) is 0 Å². The van der Waals surface area contributed by atoms with Gasteiger partial charge in [0.1, 0.15) is 5.75 Å².